The van der Waals surface area contributed by atoms with Gasteiger partial charge in [-0.25, -0.2) is 19.9 Å². The number of nitrogens with one attached hydrogen (secondary N) is 1. The number of nitrogens with zero attached hydrogens (tertiary/aromatic N) is 6. The molecule has 11 heteroatoms. The summed E-state index contributed by atoms with van der Waals surface area (Å²) in [5.41, 5.74) is 3.16. The summed E-state index contributed by atoms with van der Waals surface area (Å²) in [7, 11) is 1.56. The van der Waals surface area contributed by atoms with Crippen LogP contribution in [-0.4, -0.2) is 55.8 Å². The average Bonchev–Trinajstić information content (AvgIpc) is 3.25. The molecule has 0 aromatic carbocycles. The number of aromatic nitrogens is 5. The summed E-state index contributed by atoms with van der Waals surface area (Å²) in [6, 6.07) is 4.44. The highest BCUT2D eigenvalue weighted by atomic mass is 35.5. The van der Waals surface area contributed by atoms with Gasteiger partial charge in [-0.2, -0.15) is 0 Å². The van der Waals surface area contributed by atoms with Gasteiger partial charge in [-0.3, -0.25) is 14.5 Å². The number of aryl methyl sites for hydroxylation is 1. The number of hydrogen-bond acceptors (Lipinski definition) is 7. The number of amides is 2. The molecular weight excluding hydrogens is 446 g/mol. The third-order valence-corrected chi connectivity index (χ3v) is 5.52. The van der Waals surface area contributed by atoms with Crippen molar-refractivity contribution in [2.45, 2.75) is 13.0 Å². The molecule has 2 amide bonds. The zero-order chi connectivity index (χ0) is 23.1. The fraction of sp³-hybridized carbons (Fsp3) is 0.182. The fourth-order valence-electron chi connectivity index (χ4n) is 3.58. The molecule has 0 fully saturated rings. The number of halogens is 1. The summed E-state index contributed by atoms with van der Waals surface area (Å²) >= 11 is 5.98. The van der Waals surface area contributed by atoms with Crippen LogP contribution in [0, 0.1) is 6.92 Å². The maximum Gasteiger partial charge on any atom is 0.289 e. The van der Waals surface area contributed by atoms with Crippen LogP contribution in [-0.2, 0) is 4.79 Å². The highest BCUT2D eigenvalue weighted by Crippen LogP contribution is 2.30. The molecule has 5 rings (SSSR count). The van der Waals surface area contributed by atoms with Crippen LogP contribution in [0.15, 0.2) is 49.3 Å². The number of ether oxygens (including phenoxy) is 1. The number of rotatable bonds is 3. The normalized spacial score (nSPS) is 15.7. The lowest BCUT2D eigenvalue weighted by Crippen LogP contribution is -2.49. The Balaban J connectivity index is 1.40. The van der Waals surface area contributed by atoms with Gasteiger partial charge in [0.15, 0.2) is 11.6 Å². The molecule has 0 aliphatic carbocycles. The molecule has 166 valence electrons. The first kappa shape index (κ1) is 20.8. The molecule has 0 saturated carbocycles. The van der Waals surface area contributed by atoms with Crippen LogP contribution in [0.2, 0.25) is 5.02 Å². The second-order valence-electron chi connectivity index (χ2n) is 7.58. The van der Waals surface area contributed by atoms with Gasteiger partial charge in [0.1, 0.15) is 12.6 Å². The first-order chi connectivity index (χ1) is 15.9. The summed E-state index contributed by atoms with van der Waals surface area (Å²) in [6.45, 7) is 1.78. The van der Waals surface area contributed by atoms with Crippen molar-refractivity contribution < 1.29 is 14.3 Å². The molecule has 1 atom stereocenters. The molecule has 0 bridgehead atoms. The minimum atomic E-state index is -0.953. The lowest BCUT2D eigenvalue weighted by atomic mass is 10.1. The van der Waals surface area contributed by atoms with E-state index in [2.05, 4.69) is 25.3 Å². The second kappa shape index (κ2) is 8.14. The van der Waals surface area contributed by atoms with Gasteiger partial charge in [0.2, 0.25) is 5.82 Å². The Morgan fingerprint density at radius 2 is 2.09 bits per heavy atom. The first-order valence-corrected chi connectivity index (χ1v) is 10.4. The van der Waals surface area contributed by atoms with E-state index in [-0.39, 0.29) is 18.3 Å². The lowest BCUT2D eigenvalue weighted by Gasteiger charge is -2.19. The summed E-state index contributed by atoms with van der Waals surface area (Å²) < 4.78 is 7.56. The van der Waals surface area contributed by atoms with Gasteiger partial charge in [-0.1, -0.05) is 11.6 Å². The predicted molar refractivity (Wildman–Crippen MR) is 120 cm³/mol. The van der Waals surface area contributed by atoms with E-state index < -0.39 is 11.9 Å². The molecule has 0 spiro atoms. The van der Waals surface area contributed by atoms with E-state index in [0.29, 0.717) is 22.3 Å². The monoisotopic (exact) mass is 463 g/mol. The third-order valence-electron chi connectivity index (χ3n) is 5.31. The zero-order valence-electron chi connectivity index (χ0n) is 17.7. The van der Waals surface area contributed by atoms with E-state index in [1.54, 1.807) is 31.8 Å². The number of likely N-dealkylation sites (N-methyl/N-ethyl adjacent to an activating group) is 1. The van der Waals surface area contributed by atoms with Crippen molar-refractivity contribution in [3.8, 4) is 17.0 Å². The van der Waals surface area contributed by atoms with E-state index >= 15 is 0 Å². The van der Waals surface area contributed by atoms with Crippen molar-refractivity contribution in [3.05, 3.63) is 65.7 Å². The summed E-state index contributed by atoms with van der Waals surface area (Å²) in [4.78, 5) is 44.1. The average molecular weight is 464 g/mol. The van der Waals surface area contributed by atoms with Gasteiger partial charge in [0.25, 0.3) is 11.8 Å². The van der Waals surface area contributed by atoms with Crippen LogP contribution >= 0.6 is 11.6 Å². The van der Waals surface area contributed by atoms with Crippen LogP contribution in [0.1, 0.15) is 16.2 Å². The van der Waals surface area contributed by atoms with Crippen LogP contribution < -0.4 is 15.0 Å². The predicted octanol–water partition coefficient (Wildman–Crippen LogP) is 2.30. The van der Waals surface area contributed by atoms with Crippen LogP contribution in [0.3, 0.4) is 0 Å². The molecule has 0 saturated heterocycles. The van der Waals surface area contributed by atoms with E-state index in [0.717, 1.165) is 16.6 Å². The third kappa shape index (κ3) is 3.85. The fourth-order valence-corrected chi connectivity index (χ4v) is 3.73. The molecule has 10 nitrogen and oxygen atoms in total. The maximum atomic E-state index is 13.0. The smallest absolute Gasteiger partial charge is 0.289 e. The van der Waals surface area contributed by atoms with Crippen molar-refractivity contribution in [2.75, 3.05) is 18.6 Å². The molecule has 0 unspecified atom stereocenters. The summed E-state index contributed by atoms with van der Waals surface area (Å²) in [6.07, 6.45) is 8.33. The highest BCUT2D eigenvalue weighted by Gasteiger charge is 2.32. The molecule has 4 aromatic rings. The molecule has 1 aliphatic heterocycles. The Morgan fingerprint density at radius 1 is 1.24 bits per heavy atom. The van der Waals surface area contributed by atoms with Gasteiger partial charge >= 0.3 is 0 Å². The van der Waals surface area contributed by atoms with Gasteiger partial charge in [0.05, 0.1) is 28.8 Å². The van der Waals surface area contributed by atoms with Crippen molar-refractivity contribution in [2.24, 2.45) is 0 Å². The Labute approximate surface area is 193 Å². The molecule has 4 aromatic heterocycles. The van der Waals surface area contributed by atoms with Gasteiger partial charge in [-0.05, 0) is 24.6 Å². The number of carbonyl (C=O) groups is 2. The number of carbonyl (C=O) groups excluding carboxylic acids is 2. The number of hydrogen-bond donors (Lipinski definition) is 1. The standard InChI is InChI=1S/C22H18ClN7O3/c1-12-6-25-19(28-18(12)13-3-4-15-8-24-11-30(15)9-13)21(31)27-16-10-33-17-5-14(23)7-26-20(17)29(2)22(16)32/h3-9,11,16H,10H2,1-2H3,(H,27,31)/t16-/m0/s1. The topological polar surface area (TPSA) is 115 Å². The van der Waals surface area contributed by atoms with Crippen molar-refractivity contribution in [1.29, 1.82) is 0 Å². The number of fused-ring (bicyclic) bond motifs is 2. The Bertz CT molecular complexity index is 1400. The van der Waals surface area contributed by atoms with E-state index in [1.165, 1.54) is 11.1 Å². The summed E-state index contributed by atoms with van der Waals surface area (Å²) in [5.74, 6) is -0.342. The van der Waals surface area contributed by atoms with Crippen molar-refractivity contribution in [1.82, 2.24) is 29.7 Å². The van der Waals surface area contributed by atoms with Crippen molar-refractivity contribution >= 4 is 34.7 Å². The molecule has 1 aliphatic rings. The highest BCUT2D eigenvalue weighted by molar-refractivity contribution is 6.30. The van der Waals surface area contributed by atoms with Gasteiger partial charge in [0, 0.05) is 37.3 Å². The van der Waals surface area contributed by atoms with Crippen LogP contribution in [0.25, 0.3) is 16.8 Å². The Kier molecular flexibility index (Phi) is 5.14. The molecular formula is C22H18ClN7O3. The SMILES string of the molecule is Cc1cnc(C(=O)N[C@H]2COc3cc(Cl)cnc3N(C)C2=O)nc1-c1ccc2cncn2c1. The Morgan fingerprint density at radius 3 is 2.94 bits per heavy atom. The van der Waals surface area contributed by atoms with E-state index in [9.17, 15) is 9.59 Å². The minimum absolute atomic E-state index is 0.0558. The second-order valence-corrected chi connectivity index (χ2v) is 8.01. The summed E-state index contributed by atoms with van der Waals surface area (Å²) in [5, 5.41) is 3.05. The van der Waals surface area contributed by atoms with Crippen LogP contribution in [0.4, 0.5) is 5.82 Å². The Hall–Kier alpha value is -4.05. The molecule has 0 radical (unpaired) electrons. The lowest BCUT2D eigenvalue weighted by molar-refractivity contribution is -0.120. The zero-order valence-corrected chi connectivity index (χ0v) is 18.4. The van der Waals surface area contributed by atoms with Crippen LogP contribution in [0.5, 0.6) is 5.75 Å². The number of pyridine rings is 2. The van der Waals surface area contributed by atoms with Crippen molar-refractivity contribution in [3.63, 3.8) is 0 Å². The largest absolute Gasteiger partial charge is 0.487 e. The van der Waals surface area contributed by atoms with E-state index in [4.69, 9.17) is 16.3 Å². The van der Waals surface area contributed by atoms with Gasteiger partial charge < -0.3 is 14.5 Å². The van der Waals surface area contributed by atoms with E-state index in [1.807, 2.05) is 29.7 Å². The van der Waals surface area contributed by atoms with Gasteiger partial charge in [-0.15, -0.1) is 0 Å². The molecule has 33 heavy (non-hydrogen) atoms. The first-order valence-electron chi connectivity index (χ1n) is 10.0. The maximum absolute atomic E-state index is 13.0. The quantitative estimate of drug-likeness (QED) is 0.495. The molecule has 5 heterocycles. The number of anilines is 1. The minimum Gasteiger partial charge on any atom is -0.487 e. The number of imidazole rings is 1. The molecule has 1 N–H and O–H groups in total.